The van der Waals surface area contributed by atoms with Crippen LogP contribution in [0, 0.1) is 29.1 Å². The van der Waals surface area contributed by atoms with Gasteiger partial charge in [0.05, 0.1) is 33.5 Å². The number of carbonyl (C=O) groups excluding carboxylic acids is 2. The maximum atomic E-state index is 14.2. The molecule has 8 atom stereocenters. The number of aliphatic hydroxyl groups excluding tert-OH is 2. The molecule has 1 saturated heterocycles. The summed E-state index contributed by atoms with van der Waals surface area (Å²) in [6.45, 7) is 8.84. The first-order chi connectivity index (χ1) is 25.8. The highest BCUT2D eigenvalue weighted by Crippen LogP contribution is 2.61. The minimum absolute atomic E-state index is 0.0367. The normalized spacial score (nSPS) is 26.4. The van der Waals surface area contributed by atoms with E-state index < -0.39 is 24.2 Å². The van der Waals surface area contributed by atoms with Gasteiger partial charge in [0.1, 0.15) is 23.6 Å². The molecule has 3 saturated carbocycles. The summed E-state index contributed by atoms with van der Waals surface area (Å²) < 4.78 is 11.3. The number of methoxy groups -OCH3 is 2. The van der Waals surface area contributed by atoms with Crippen molar-refractivity contribution in [1.29, 1.82) is 0 Å². The van der Waals surface area contributed by atoms with Gasteiger partial charge in [-0.15, -0.1) is 0 Å². The molecule has 0 spiro atoms. The third-order valence-electron chi connectivity index (χ3n) is 12.6. The minimum atomic E-state index is -0.901. The zero-order valence-electron chi connectivity index (χ0n) is 33.0. The lowest BCUT2D eigenvalue weighted by atomic mass is 9.45. The molecular weight excluding hydrogens is 684 g/mol. The van der Waals surface area contributed by atoms with Crippen molar-refractivity contribution in [2.24, 2.45) is 29.1 Å². The molecule has 292 valence electrons. The van der Waals surface area contributed by atoms with Crippen molar-refractivity contribution >= 4 is 17.5 Å². The summed E-state index contributed by atoms with van der Waals surface area (Å²) in [7, 11) is 7.10. The Labute approximate surface area is 319 Å². The fraction of sp³-hybridized carbons (Fsp3) is 0.535. The van der Waals surface area contributed by atoms with Crippen molar-refractivity contribution in [2.75, 3.05) is 46.4 Å². The van der Waals surface area contributed by atoms with Gasteiger partial charge in [0.25, 0.3) is 5.91 Å². The first kappa shape index (κ1) is 39.5. The Bertz CT molecular complexity index is 1790. The third kappa shape index (κ3) is 7.82. The Kier molecular flexibility index (Phi) is 11.9. The zero-order chi connectivity index (χ0) is 38.9. The van der Waals surface area contributed by atoms with Gasteiger partial charge in [-0.1, -0.05) is 51.1 Å². The SMILES string of the molecule is COc1ccc(CCNC(=O)c2cc(-c3cccc(CN4O[C@@H](CO)[C@@H]([C@H](C)O)[C@H]4C(=O)N[C@H]4C[C@H]5C[C@@H]([C@@H]4C)C5(C)C)c3OC)cc(N(C)C)c2)cc1. The summed E-state index contributed by atoms with van der Waals surface area (Å²) in [4.78, 5) is 36.0. The van der Waals surface area contributed by atoms with Crippen molar-refractivity contribution in [3.63, 3.8) is 0 Å². The van der Waals surface area contributed by atoms with E-state index >= 15 is 0 Å². The summed E-state index contributed by atoms with van der Waals surface area (Å²) in [6.07, 6.45) is 1.15. The molecule has 3 aliphatic carbocycles. The monoisotopic (exact) mass is 742 g/mol. The Morgan fingerprint density at radius 2 is 1.80 bits per heavy atom. The molecule has 4 aliphatic rings. The molecule has 11 heteroatoms. The number of amides is 2. The van der Waals surface area contributed by atoms with Crippen LogP contribution in [-0.4, -0.2) is 92.8 Å². The molecule has 2 bridgehead atoms. The third-order valence-corrected chi connectivity index (χ3v) is 12.6. The van der Waals surface area contributed by atoms with Crippen LogP contribution < -0.4 is 25.0 Å². The second-order valence-electron chi connectivity index (χ2n) is 16.2. The Hall–Kier alpha value is -4.16. The molecule has 11 nitrogen and oxygen atoms in total. The van der Waals surface area contributed by atoms with Gasteiger partial charge in [-0.3, -0.25) is 14.4 Å². The van der Waals surface area contributed by atoms with E-state index in [2.05, 4.69) is 31.4 Å². The first-order valence-electron chi connectivity index (χ1n) is 19.2. The zero-order valence-corrected chi connectivity index (χ0v) is 33.0. The maximum absolute atomic E-state index is 14.2. The van der Waals surface area contributed by atoms with Gasteiger partial charge in [-0.2, -0.15) is 5.06 Å². The van der Waals surface area contributed by atoms with Gasteiger partial charge in [0.15, 0.2) is 0 Å². The fourth-order valence-corrected chi connectivity index (χ4v) is 9.20. The highest BCUT2D eigenvalue weighted by atomic mass is 16.7. The fourth-order valence-electron chi connectivity index (χ4n) is 9.20. The molecule has 0 aromatic heterocycles. The van der Waals surface area contributed by atoms with Crippen molar-refractivity contribution in [2.45, 2.75) is 77.8 Å². The van der Waals surface area contributed by atoms with Crippen molar-refractivity contribution < 1.29 is 34.1 Å². The van der Waals surface area contributed by atoms with E-state index in [0.717, 1.165) is 40.1 Å². The number of aliphatic hydroxyl groups is 2. The van der Waals surface area contributed by atoms with Gasteiger partial charge in [0.2, 0.25) is 5.91 Å². The second kappa shape index (κ2) is 16.3. The lowest BCUT2D eigenvalue weighted by molar-refractivity contribution is -0.183. The van der Waals surface area contributed by atoms with Crippen LogP contribution in [0.3, 0.4) is 0 Å². The predicted molar refractivity (Wildman–Crippen MR) is 209 cm³/mol. The van der Waals surface area contributed by atoms with E-state index in [1.807, 2.05) is 79.7 Å². The molecule has 7 rings (SSSR count). The number of para-hydroxylation sites is 1. The van der Waals surface area contributed by atoms with Crippen LogP contribution in [0.5, 0.6) is 11.5 Å². The first-order valence-corrected chi connectivity index (χ1v) is 19.2. The number of rotatable bonds is 14. The smallest absolute Gasteiger partial charge is 0.251 e. The van der Waals surface area contributed by atoms with Crippen LogP contribution in [-0.2, 0) is 22.6 Å². The number of nitrogens with one attached hydrogen (secondary N) is 2. The number of fused-ring (bicyclic) bond motifs is 2. The average molecular weight is 743 g/mol. The molecule has 0 radical (unpaired) electrons. The molecule has 54 heavy (non-hydrogen) atoms. The Morgan fingerprint density at radius 3 is 2.41 bits per heavy atom. The van der Waals surface area contributed by atoms with E-state index in [1.54, 1.807) is 26.2 Å². The standard InChI is InChI=1S/C43H58N4O7/c1-25-35-21-31(43(35,3)4)22-36(25)45-42(51)39-38(26(2)49)37(24-48)54-47(39)23-28-10-9-11-34(40(28)53-8)29-18-30(20-32(19-29)46(5)6)41(50)44-17-16-27-12-14-33(52-7)15-13-27/h9-15,18-20,25-26,31,35-39,48-49H,16-17,21-24H2,1-8H3,(H,44,50)(H,45,51)/t25-,26-,31+,35-,36-,37-,38+,39-/m0/s1. The molecule has 3 aromatic rings. The minimum Gasteiger partial charge on any atom is -0.497 e. The molecule has 3 aromatic carbocycles. The Morgan fingerprint density at radius 1 is 1.06 bits per heavy atom. The van der Waals surface area contributed by atoms with E-state index in [9.17, 15) is 19.8 Å². The van der Waals surface area contributed by atoms with E-state index in [1.165, 1.54) is 6.42 Å². The van der Waals surface area contributed by atoms with Crippen LogP contribution in [0.2, 0.25) is 0 Å². The number of nitrogens with zero attached hydrogens (tertiary/aromatic N) is 2. The van der Waals surface area contributed by atoms with Gasteiger partial charge in [-0.25, -0.2) is 0 Å². The summed E-state index contributed by atoms with van der Waals surface area (Å²) in [5.74, 6) is 1.79. The number of hydrogen-bond acceptors (Lipinski definition) is 9. The predicted octanol–water partition coefficient (Wildman–Crippen LogP) is 5.07. The molecule has 4 fully saturated rings. The summed E-state index contributed by atoms with van der Waals surface area (Å²) in [5.41, 5.74) is 5.06. The Balaban J connectivity index is 1.24. The summed E-state index contributed by atoms with van der Waals surface area (Å²) in [6, 6.07) is 18.5. The van der Waals surface area contributed by atoms with Crippen LogP contribution in [0.15, 0.2) is 60.7 Å². The van der Waals surface area contributed by atoms with Crippen LogP contribution in [0.25, 0.3) is 11.1 Å². The number of anilines is 1. The largest absolute Gasteiger partial charge is 0.497 e. The van der Waals surface area contributed by atoms with Gasteiger partial charge >= 0.3 is 0 Å². The number of hydrogen-bond donors (Lipinski definition) is 4. The van der Waals surface area contributed by atoms with Crippen molar-refractivity contribution in [1.82, 2.24) is 15.7 Å². The second-order valence-corrected chi connectivity index (χ2v) is 16.2. The van der Waals surface area contributed by atoms with Gasteiger partial charge in [-0.05, 0) is 90.8 Å². The molecular formula is C43H58N4O7. The summed E-state index contributed by atoms with van der Waals surface area (Å²) in [5, 5.41) is 29.3. The topological polar surface area (TPSA) is 133 Å². The average Bonchev–Trinajstić information content (AvgIpc) is 3.54. The van der Waals surface area contributed by atoms with E-state index in [-0.39, 0.29) is 36.4 Å². The van der Waals surface area contributed by atoms with Crippen LogP contribution in [0.1, 0.15) is 62.0 Å². The quantitative estimate of drug-likeness (QED) is 0.179. The molecule has 2 amide bonds. The summed E-state index contributed by atoms with van der Waals surface area (Å²) >= 11 is 0. The highest BCUT2D eigenvalue weighted by molar-refractivity contribution is 5.97. The van der Waals surface area contributed by atoms with Crippen molar-refractivity contribution in [3.05, 3.63) is 77.4 Å². The van der Waals surface area contributed by atoms with Crippen LogP contribution >= 0.6 is 0 Å². The number of ether oxygens (including phenoxy) is 2. The molecule has 1 aliphatic heterocycles. The van der Waals surface area contributed by atoms with E-state index in [4.69, 9.17) is 14.3 Å². The molecule has 4 N–H and O–H groups in total. The van der Waals surface area contributed by atoms with Gasteiger partial charge < -0.3 is 35.2 Å². The lowest BCUT2D eigenvalue weighted by Gasteiger charge is -2.62. The highest BCUT2D eigenvalue weighted by Gasteiger charge is 2.57. The van der Waals surface area contributed by atoms with Gasteiger partial charge in [0, 0.05) is 55.0 Å². The number of hydroxylamine groups is 2. The molecule has 1 heterocycles. The maximum Gasteiger partial charge on any atom is 0.251 e. The number of benzene rings is 3. The number of carbonyl (C=O) groups is 2. The van der Waals surface area contributed by atoms with Crippen molar-refractivity contribution in [3.8, 4) is 22.6 Å². The molecule has 0 unspecified atom stereocenters. The lowest BCUT2D eigenvalue weighted by Crippen LogP contribution is -2.62. The van der Waals surface area contributed by atoms with E-state index in [0.29, 0.717) is 42.0 Å². The van der Waals surface area contributed by atoms with Crippen LogP contribution in [0.4, 0.5) is 5.69 Å².